The fraction of sp³-hybridized carbons (Fsp3) is 0.463. The van der Waals surface area contributed by atoms with E-state index in [0.717, 1.165) is 84.1 Å². The molecule has 2 aromatic carbocycles. The Kier molecular flexibility index (Phi) is 11.6. The quantitative estimate of drug-likeness (QED) is 0.0589. The molecule has 0 unspecified atom stereocenters. The van der Waals surface area contributed by atoms with Gasteiger partial charge in [-0.15, -0.1) is 0 Å². The van der Waals surface area contributed by atoms with Gasteiger partial charge in [-0.05, 0) is 59.8 Å². The van der Waals surface area contributed by atoms with Crippen molar-refractivity contribution in [2.45, 2.75) is 77.5 Å². The molecule has 0 aliphatic carbocycles. The first kappa shape index (κ1) is 37.8. The van der Waals surface area contributed by atoms with Gasteiger partial charge >= 0.3 is 0 Å². The van der Waals surface area contributed by atoms with Crippen molar-refractivity contribution in [2.24, 2.45) is 21.8 Å². The van der Waals surface area contributed by atoms with E-state index in [0.29, 0.717) is 19.0 Å². The lowest BCUT2D eigenvalue weighted by atomic mass is 10.0. The number of nitrogens with zero attached hydrogens (tertiary/aromatic N) is 6. The smallest absolute Gasteiger partial charge is 0.248 e. The van der Waals surface area contributed by atoms with Crippen LogP contribution in [0, 0.1) is 11.8 Å². The van der Waals surface area contributed by atoms with Crippen LogP contribution >= 0.6 is 0 Å². The Labute approximate surface area is 322 Å². The number of guanidine groups is 1. The van der Waals surface area contributed by atoms with Gasteiger partial charge in [0.15, 0.2) is 5.96 Å². The monoisotopic (exact) mass is 748 g/mol. The first-order valence-corrected chi connectivity index (χ1v) is 19.4. The van der Waals surface area contributed by atoms with E-state index in [-0.39, 0.29) is 41.8 Å². The Balaban J connectivity index is 0.993. The molecular formula is C41H52N10O4. The third kappa shape index (κ3) is 8.29. The van der Waals surface area contributed by atoms with Crippen LogP contribution < -0.4 is 10.6 Å². The topological polar surface area (TPSA) is 165 Å². The van der Waals surface area contributed by atoms with Crippen molar-refractivity contribution in [1.29, 1.82) is 0 Å². The molecule has 0 radical (unpaired) electrons. The summed E-state index contributed by atoms with van der Waals surface area (Å²) in [6.07, 6.45) is 8.44. The van der Waals surface area contributed by atoms with Gasteiger partial charge in [-0.25, -0.2) is 15.0 Å². The number of aromatic nitrogens is 4. The number of rotatable bonds is 13. The van der Waals surface area contributed by atoms with Crippen molar-refractivity contribution in [3.05, 3.63) is 72.6 Å². The Morgan fingerprint density at radius 2 is 1.33 bits per heavy atom. The number of aliphatic imine (C=N–C) groups is 2. The normalized spacial score (nSPS) is 19.7. The Morgan fingerprint density at radius 3 is 1.80 bits per heavy atom. The average Bonchev–Trinajstić information content (AvgIpc) is 4.04. The number of carbonyl (C=O) groups excluding carboxylic acids is 2. The van der Waals surface area contributed by atoms with Crippen LogP contribution in [0.4, 0.5) is 0 Å². The van der Waals surface area contributed by atoms with Crippen LogP contribution in [-0.4, -0.2) is 99.3 Å². The van der Waals surface area contributed by atoms with Crippen LogP contribution in [0.5, 0.6) is 0 Å². The second kappa shape index (κ2) is 16.9. The van der Waals surface area contributed by atoms with Crippen LogP contribution in [0.2, 0.25) is 0 Å². The number of nitrogens with one attached hydrogen (secondary N) is 4. The van der Waals surface area contributed by atoms with Gasteiger partial charge in [-0.1, -0.05) is 76.2 Å². The number of likely N-dealkylation sites (tertiary alicyclic amines) is 2. The van der Waals surface area contributed by atoms with E-state index >= 15 is 0 Å². The summed E-state index contributed by atoms with van der Waals surface area (Å²) in [4.78, 5) is 65.8. The van der Waals surface area contributed by atoms with Crippen LogP contribution in [0.1, 0.15) is 77.1 Å². The SMILES string of the molecule is COO/C=N/[C@H](C(=O)N1CCC[C@H]1c1ncc(-c2ccc(-c3ccc(-c4cnc([C@@H]5CCCN5C(=O)[C@H](NC5=NCCN5)C(C)C)[nH]4)cc3)cc2)[nH]1)C(C)C. The van der Waals surface area contributed by atoms with E-state index in [1.54, 1.807) is 0 Å². The molecule has 3 aliphatic heterocycles. The summed E-state index contributed by atoms with van der Waals surface area (Å²) >= 11 is 0. The second-order valence-corrected chi connectivity index (χ2v) is 15.1. The largest absolute Gasteiger partial charge is 0.355 e. The molecule has 290 valence electrons. The molecule has 4 atom stereocenters. The highest BCUT2D eigenvalue weighted by molar-refractivity contribution is 5.90. The number of carbonyl (C=O) groups is 2. The van der Waals surface area contributed by atoms with E-state index in [2.05, 4.69) is 97.9 Å². The number of aromatic amines is 2. The molecule has 7 rings (SSSR count). The van der Waals surface area contributed by atoms with Crippen molar-refractivity contribution >= 4 is 24.2 Å². The molecular weight excluding hydrogens is 697 g/mol. The van der Waals surface area contributed by atoms with E-state index < -0.39 is 6.04 Å². The molecule has 4 aromatic rings. The molecule has 5 heterocycles. The minimum atomic E-state index is -0.565. The molecule has 2 saturated heterocycles. The Morgan fingerprint density at radius 1 is 0.800 bits per heavy atom. The van der Waals surface area contributed by atoms with Crippen molar-refractivity contribution in [2.75, 3.05) is 33.3 Å². The highest BCUT2D eigenvalue weighted by atomic mass is 17.2. The number of H-pyrrole nitrogens is 2. The minimum Gasteiger partial charge on any atom is -0.355 e. The zero-order valence-electron chi connectivity index (χ0n) is 32.3. The molecule has 2 aromatic heterocycles. The van der Waals surface area contributed by atoms with E-state index in [4.69, 9.17) is 14.9 Å². The molecule has 0 bridgehead atoms. The highest BCUT2D eigenvalue weighted by Crippen LogP contribution is 2.35. The fourth-order valence-electron chi connectivity index (χ4n) is 7.78. The predicted molar refractivity (Wildman–Crippen MR) is 212 cm³/mol. The van der Waals surface area contributed by atoms with Crippen molar-refractivity contribution in [3.8, 4) is 33.6 Å². The Hall–Kier alpha value is -5.50. The zero-order valence-corrected chi connectivity index (χ0v) is 32.3. The maximum absolute atomic E-state index is 13.8. The van der Waals surface area contributed by atoms with Crippen LogP contribution in [0.3, 0.4) is 0 Å². The summed E-state index contributed by atoms with van der Waals surface area (Å²) < 4.78 is 0. The van der Waals surface area contributed by atoms with Crippen LogP contribution in [0.15, 0.2) is 70.9 Å². The number of hydrogen-bond acceptors (Lipinski definition) is 10. The zero-order chi connectivity index (χ0) is 38.5. The van der Waals surface area contributed by atoms with E-state index in [9.17, 15) is 9.59 Å². The lowest BCUT2D eigenvalue weighted by Crippen LogP contribution is -2.53. The second-order valence-electron chi connectivity index (χ2n) is 15.1. The standard InChI is InChI=1S/C41H52N10O4/c1-25(2)35(46-24-55-54-5)39(52)50-20-6-8-33(50)37-44-22-31(47-37)29-14-10-27(11-15-29)28-12-16-30(17-13-28)32-23-45-38(48-32)34-9-7-21-51(34)40(53)36(26(3)4)49-41-42-18-19-43-41/h10-17,22-26,33-36H,6-9,18-21H2,1-5H3,(H,44,47)(H,45,48)(H2,42,43,49)/b46-24+/t33-,34-,35-,36+/m0/s1. The number of hydrogen-bond donors (Lipinski definition) is 4. The van der Waals surface area contributed by atoms with Crippen molar-refractivity contribution in [1.82, 2.24) is 40.4 Å². The maximum atomic E-state index is 13.8. The number of amides is 2. The van der Waals surface area contributed by atoms with Gasteiger partial charge in [0.2, 0.25) is 18.2 Å². The van der Waals surface area contributed by atoms with Gasteiger partial charge in [0, 0.05) is 19.6 Å². The average molecular weight is 749 g/mol. The summed E-state index contributed by atoms with van der Waals surface area (Å²) in [5, 5.41) is 6.57. The van der Waals surface area contributed by atoms with Gasteiger partial charge in [-0.3, -0.25) is 14.6 Å². The first-order valence-electron chi connectivity index (χ1n) is 19.4. The molecule has 55 heavy (non-hydrogen) atoms. The Bertz CT molecular complexity index is 1980. The highest BCUT2D eigenvalue weighted by Gasteiger charge is 2.38. The molecule has 3 aliphatic rings. The predicted octanol–water partition coefficient (Wildman–Crippen LogP) is 5.67. The maximum Gasteiger partial charge on any atom is 0.248 e. The minimum absolute atomic E-state index is 0.00127. The summed E-state index contributed by atoms with van der Waals surface area (Å²) in [5.41, 5.74) is 6.06. The van der Waals surface area contributed by atoms with Crippen molar-refractivity contribution in [3.63, 3.8) is 0 Å². The molecule has 0 spiro atoms. The molecule has 2 fully saturated rings. The fourth-order valence-corrected chi connectivity index (χ4v) is 7.78. The van der Waals surface area contributed by atoms with Gasteiger partial charge in [-0.2, -0.15) is 4.89 Å². The first-order chi connectivity index (χ1) is 26.7. The van der Waals surface area contributed by atoms with Gasteiger partial charge < -0.3 is 35.3 Å². The third-order valence-electron chi connectivity index (χ3n) is 10.8. The van der Waals surface area contributed by atoms with Gasteiger partial charge in [0.1, 0.15) is 23.7 Å². The third-order valence-corrected chi connectivity index (χ3v) is 10.8. The van der Waals surface area contributed by atoms with Crippen molar-refractivity contribution < 1.29 is 19.4 Å². The summed E-state index contributed by atoms with van der Waals surface area (Å²) in [6, 6.07) is 15.7. The summed E-state index contributed by atoms with van der Waals surface area (Å²) in [5.74, 6) is 2.44. The molecule has 4 N–H and O–H groups in total. The molecule has 14 nitrogen and oxygen atoms in total. The summed E-state index contributed by atoms with van der Waals surface area (Å²) in [6.45, 7) is 10.9. The van der Waals surface area contributed by atoms with E-state index in [1.807, 2.05) is 36.0 Å². The van der Waals surface area contributed by atoms with Gasteiger partial charge in [0.25, 0.3) is 0 Å². The molecule has 0 saturated carbocycles. The summed E-state index contributed by atoms with van der Waals surface area (Å²) in [7, 11) is 1.40. The number of benzene rings is 2. The molecule has 2 amide bonds. The lowest BCUT2D eigenvalue weighted by molar-refractivity contribution is -0.188. The number of imidazole rings is 2. The van der Waals surface area contributed by atoms with E-state index in [1.165, 1.54) is 13.5 Å². The van der Waals surface area contributed by atoms with Gasteiger partial charge in [0.05, 0.1) is 49.5 Å². The van der Waals surface area contributed by atoms with Crippen LogP contribution in [0.25, 0.3) is 33.6 Å². The molecule has 14 heteroatoms. The lowest BCUT2D eigenvalue weighted by Gasteiger charge is -2.30. The van der Waals surface area contributed by atoms with Crippen LogP contribution in [-0.2, 0) is 19.4 Å².